The van der Waals surface area contributed by atoms with E-state index in [0.29, 0.717) is 6.07 Å². The number of nitrogens with zero attached hydrogens (tertiary/aromatic N) is 4. The monoisotopic (exact) mass is 524 g/mol. The average Bonchev–Trinajstić information content (AvgIpc) is 2.88. The SMILES string of the molecule is C=CCOc1nc(OCC=C)nc(OCC2CN(C(=O)/C=C/c3ccc(F)cc3C(F)(F)F)CCO2)n1. The van der Waals surface area contributed by atoms with Crippen LogP contribution < -0.4 is 14.2 Å². The number of benzene rings is 1. The maximum atomic E-state index is 13.3. The second kappa shape index (κ2) is 12.8. The van der Waals surface area contributed by atoms with Gasteiger partial charge in [-0.3, -0.25) is 4.79 Å². The van der Waals surface area contributed by atoms with Crippen molar-refractivity contribution in [2.24, 2.45) is 0 Å². The molecule has 2 heterocycles. The Morgan fingerprint density at radius 2 is 1.70 bits per heavy atom. The lowest BCUT2D eigenvalue weighted by Crippen LogP contribution is -2.47. The van der Waals surface area contributed by atoms with Gasteiger partial charge in [-0.1, -0.05) is 31.4 Å². The van der Waals surface area contributed by atoms with Crippen molar-refractivity contribution in [1.29, 1.82) is 0 Å². The maximum Gasteiger partial charge on any atom is 0.417 e. The van der Waals surface area contributed by atoms with E-state index in [9.17, 15) is 22.4 Å². The summed E-state index contributed by atoms with van der Waals surface area (Å²) in [5, 5.41) is 0. The number of hydrogen-bond donors (Lipinski definition) is 0. The van der Waals surface area contributed by atoms with E-state index in [1.807, 2.05) is 0 Å². The van der Waals surface area contributed by atoms with Crippen LogP contribution in [0.25, 0.3) is 6.08 Å². The summed E-state index contributed by atoms with van der Waals surface area (Å²) in [5.41, 5.74) is -1.50. The Kier molecular flexibility index (Phi) is 9.55. The van der Waals surface area contributed by atoms with Crippen LogP contribution in [0.5, 0.6) is 18.0 Å². The van der Waals surface area contributed by atoms with E-state index in [1.165, 1.54) is 17.1 Å². The molecule has 1 aliphatic rings. The molecular weight excluding hydrogens is 500 g/mol. The number of ether oxygens (including phenoxy) is 4. The molecule has 0 saturated carbocycles. The molecule has 1 aromatic carbocycles. The summed E-state index contributed by atoms with van der Waals surface area (Å²) in [6.45, 7) is 7.83. The lowest BCUT2D eigenvalue weighted by atomic mass is 10.1. The van der Waals surface area contributed by atoms with Crippen LogP contribution in [-0.4, -0.2) is 71.4 Å². The molecule has 9 nitrogen and oxygen atoms in total. The zero-order chi connectivity index (χ0) is 26.8. The Bertz CT molecular complexity index is 1110. The first kappa shape index (κ1) is 27.6. The van der Waals surface area contributed by atoms with Crippen molar-refractivity contribution in [2.75, 3.05) is 39.5 Å². The molecule has 1 amide bonds. The summed E-state index contributed by atoms with van der Waals surface area (Å²) in [4.78, 5) is 26.1. The molecule has 3 rings (SSSR count). The van der Waals surface area contributed by atoms with Crippen molar-refractivity contribution in [3.63, 3.8) is 0 Å². The van der Waals surface area contributed by atoms with E-state index in [4.69, 9.17) is 18.9 Å². The predicted octanol–water partition coefficient (Wildman–Crippen LogP) is 3.48. The van der Waals surface area contributed by atoms with Gasteiger partial charge in [-0.05, 0) is 23.8 Å². The van der Waals surface area contributed by atoms with Crippen LogP contribution in [-0.2, 0) is 15.7 Å². The number of alkyl halides is 3. The summed E-state index contributed by atoms with van der Waals surface area (Å²) >= 11 is 0. The molecule has 0 aliphatic carbocycles. The first-order valence-corrected chi connectivity index (χ1v) is 11.0. The van der Waals surface area contributed by atoms with Crippen molar-refractivity contribution in [3.8, 4) is 18.0 Å². The number of rotatable bonds is 11. The molecule has 1 fully saturated rings. The van der Waals surface area contributed by atoms with Crippen LogP contribution in [0.3, 0.4) is 0 Å². The molecule has 0 spiro atoms. The highest BCUT2D eigenvalue weighted by molar-refractivity contribution is 5.92. The van der Waals surface area contributed by atoms with Gasteiger partial charge in [-0.25, -0.2) is 4.39 Å². The van der Waals surface area contributed by atoms with Crippen LogP contribution >= 0.6 is 0 Å². The van der Waals surface area contributed by atoms with Crippen LogP contribution in [0.4, 0.5) is 17.6 Å². The lowest BCUT2D eigenvalue weighted by molar-refractivity contribution is -0.138. The summed E-state index contributed by atoms with van der Waals surface area (Å²) in [6, 6.07) is 2.05. The summed E-state index contributed by atoms with van der Waals surface area (Å²) in [5.74, 6) is -1.56. The van der Waals surface area contributed by atoms with Gasteiger partial charge in [-0.15, -0.1) is 15.0 Å². The summed E-state index contributed by atoms with van der Waals surface area (Å²) in [6.07, 6.45) is -0.325. The van der Waals surface area contributed by atoms with Crippen LogP contribution in [0.15, 0.2) is 49.6 Å². The molecule has 0 N–H and O–H groups in total. The molecule has 1 unspecified atom stereocenters. The highest BCUT2D eigenvalue weighted by Crippen LogP contribution is 2.33. The second-order valence-electron chi connectivity index (χ2n) is 7.53. The van der Waals surface area contributed by atoms with Gasteiger partial charge >= 0.3 is 24.2 Å². The van der Waals surface area contributed by atoms with Crippen molar-refractivity contribution >= 4 is 12.0 Å². The lowest BCUT2D eigenvalue weighted by Gasteiger charge is -2.32. The summed E-state index contributed by atoms with van der Waals surface area (Å²) < 4.78 is 74.7. The summed E-state index contributed by atoms with van der Waals surface area (Å²) in [7, 11) is 0. The fraction of sp³-hybridized carbons (Fsp3) is 0.333. The van der Waals surface area contributed by atoms with Gasteiger partial charge in [0, 0.05) is 12.6 Å². The van der Waals surface area contributed by atoms with E-state index < -0.39 is 29.6 Å². The zero-order valence-electron chi connectivity index (χ0n) is 19.6. The Hall–Kier alpha value is -4.00. The van der Waals surface area contributed by atoms with E-state index >= 15 is 0 Å². The minimum atomic E-state index is -4.77. The Morgan fingerprint density at radius 3 is 2.30 bits per heavy atom. The largest absolute Gasteiger partial charge is 0.460 e. The first-order chi connectivity index (χ1) is 17.7. The van der Waals surface area contributed by atoms with Crippen molar-refractivity contribution in [1.82, 2.24) is 19.9 Å². The fourth-order valence-corrected chi connectivity index (χ4v) is 3.15. The minimum absolute atomic E-state index is 0.0461. The molecule has 1 aliphatic heterocycles. The predicted molar refractivity (Wildman–Crippen MR) is 123 cm³/mol. The Labute approximate surface area is 210 Å². The minimum Gasteiger partial charge on any atom is -0.460 e. The third-order valence-corrected chi connectivity index (χ3v) is 4.81. The molecule has 0 radical (unpaired) electrons. The van der Waals surface area contributed by atoms with E-state index in [-0.39, 0.29) is 63.1 Å². The zero-order valence-corrected chi connectivity index (χ0v) is 19.6. The van der Waals surface area contributed by atoms with E-state index in [0.717, 1.165) is 24.3 Å². The molecular formula is C24H24F4N4O5. The van der Waals surface area contributed by atoms with Gasteiger partial charge in [0.25, 0.3) is 0 Å². The molecule has 1 aromatic heterocycles. The number of carbonyl (C=O) groups is 1. The van der Waals surface area contributed by atoms with E-state index in [2.05, 4.69) is 28.1 Å². The average molecular weight is 524 g/mol. The maximum absolute atomic E-state index is 13.3. The van der Waals surface area contributed by atoms with Gasteiger partial charge in [0.2, 0.25) is 5.91 Å². The van der Waals surface area contributed by atoms with Gasteiger partial charge in [0.05, 0.1) is 18.7 Å². The van der Waals surface area contributed by atoms with Crippen LogP contribution in [0.2, 0.25) is 0 Å². The topological polar surface area (TPSA) is 95.9 Å². The third kappa shape index (κ3) is 8.27. The molecule has 198 valence electrons. The fourth-order valence-electron chi connectivity index (χ4n) is 3.15. The Balaban J connectivity index is 1.63. The molecule has 13 heteroatoms. The van der Waals surface area contributed by atoms with Gasteiger partial charge < -0.3 is 23.8 Å². The van der Waals surface area contributed by atoms with Gasteiger partial charge in [0.1, 0.15) is 31.7 Å². The van der Waals surface area contributed by atoms with Crippen LogP contribution in [0.1, 0.15) is 11.1 Å². The molecule has 1 atom stereocenters. The van der Waals surface area contributed by atoms with Crippen molar-refractivity contribution in [3.05, 3.63) is 66.5 Å². The Morgan fingerprint density at radius 1 is 1.08 bits per heavy atom. The highest BCUT2D eigenvalue weighted by atomic mass is 19.4. The van der Waals surface area contributed by atoms with Gasteiger partial charge in [0.15, 0.2) is 0 Å². The number of carbonyl (C=O) groups excluding carboxylic acids is 1. The first-order valence-electron chi connectivity index (χ1n) is 11.0. The normalized spacial score (nSPS) is 15.9. The number of halogens is 4. The highest BCUT2D eigenvalue weighted by Gasteiger charge is 2.33. The molecule has 2 aromatic rings. The van der Waals surface area contributed by atoms with Crippen molar-refractivity contribution in [2.45, 2.75) is 12.3 Å². The second-order valence-corrected chi connectivity index (χ2v) is 7.53. The third-order valence-electron chi connectivity index (χ3n) is 4.81. The smallest absolute Gasteiger partial charge is 0.417 e. The molecule has 37 heavy (non-hydrogen) atoms. The molecule has 1 saturated heterocycles. The number of morpholine rings is 1. The van der Waals surface area contributed by atoms with E-state index in [1.54, 1.807) is 0 Å². The molecule has 0 bridgehead atoms. The standard InChI is InChI=1S/C24H24F4N4O5/c1-3-10-35-21-29-22(36-11-4-2)31-23(30-21)37-15-18-14-32(9-12-34-18)20(33)8-6-16-5-7-17(25)13-19(16)24(26,27)28/h3-8,13,18H,1-2,9-12,14-15H2/b8-6+. The number of hydrogen-bond acceptors (Lipinski definition) is 8. The number of aromatic nitrogens is 3. The number of amides is 1. The quantitative estimate of drug-likeness (QED) is 0.251. The van der Waals surface area contributed by atoms with Crippen molar-refractivity contribution < 1.29 is 41.3 Å². The van der Waals surface area contributed by atoms with Crippen LogP contribution in [0, 0.1) is 5.82 Å². The van der Waals surface area contributed by atoms with Gasteiger partial charge in [-0.2, -0.15) is 13.2 Å².